The van der Waals surface area contributed by atoms with Crippen LogP contribution >= 0.6 is 11.8 Å². The normalized spacial score (nSPS) is 14.0. The second-order valence-corrected chi connectivity index (χ2v) is 21.5. The molecule has 2 rings (SSSR count). The van der Waals surface area contributed by atoms with Gasteiger partial charge in [-0.2, -0.15) is 11.8 Å². The second-order valence-electron chi connectivity index (χ2n) is 14.5. The zero-order valence-electron chi connectivity index (χ0n) is 37.2. The minimum absolute atomic E-state index is 0.00392. The van der Waals surface area contributed by atoms with Crippen LogP contribution in [0.3, 0.4) is 0 Å². The van der Waals surface area contributed by atoms with Gasteiger partial charge in [-0.3, -0.25) is 19.6 Å². The highest BCUT2D eigenvalue weighted by Gasteiger charge is 2.40. The lowest BCUT2D eigenvalue weighted by Crippen LogP contribution is -2.46. The molecule has 4 atom stereocenters. The third-order valence-electron chi connectivity index (χ3n) is 8.77. The van der Waals surface area contributed by atoms with Crippen LogP contribution in [-0.2, 0) is 58.5 Å². The number of carbonyl (C=O) groups is 2. The summed E-state index contributed by atoms with van der Waals surface area (Å²) in [5.74, 6) is -0.673. The number of aromatic nitrogens is 2. The number of nitrogens with one attached hydrogen (secondary N) is 2. The molecule has 61 heavy (non-hydrogen) atoms. The van der Waals surface area contributed by atoms with Crippen LogP contribution < -0.4 is 10.6 Å². The van der Waals surface area contributed by atoms with E-state index in [2.05, 4.69) is 20.6 Å². The van der Waals surface area contributed by atoms with E-state index in [-0.39, 0.29) is 44.9 Å². The van der Waals surface area contributed by atoms with Gasteiger partial charge in [0.1, 0.15) is 12.1 Å². The number of hydrogen-bond donors (Lipinski definition) is 6. The lowest BCUT2D eigenvalue weighted by atomic mass is 10.1. The Labute approximate surface area is 368 Å². The highest BCUT2D eigenvalue weighted by atomic mass is 32.2. The number of carboxylic acid groups (broad SMARTS) is 2. The lowest BCUT2D eigenvalue weighted by Gasteiger charge is -2.28. The Morgan fingerprint density at radius 3 is 1.62 bits per heavy atom. The topological polar surface area (TPSA) is 239 Å². The van der Waals surface area contributed by atoms with Crippen LogP contribution in [0.5, 0.6) is 0 Å². The van der Waals surface area contributed by atoms with Gasteiger partial charge in [-0.25, -0.2) is 0 Å². The fourth-order valence-corrected chi connectivity index (χ4v) is 11.1. The Balaban J connectivity index is 0.000000613. The first kappa shape index (κ1) is 56.6. The molecule has 4 unspecified atom stereocenters. The predicted octanol–water partition coefficient (Wildman–Crippen LogP) is 2.92. The van der Waals surface area contributed by atoms with Gasteiger partial charge in [0, 0.05) is 110 Å². The third kappa shape index (κ3) is 26.1. The molecular formula is C40H72N4O14SSi2. The van der Waals surface area contributed by atoms with Crippen LogP contribution in [0.25, 0.3) is 0 Å². The van der Waals surface area contributed by atoms with Gasteiger partial charge in [0.2, 0.25) is 0 Å². The number of aliphatic hydroxyl groups is 2. The van der Waals surface area contributed by atoms with E-state index in [4.69, 9.17) is 36.0 Å². The van der Waals surface area contributed by atoms with Gasteiger partial charge in [0.05, 0.1) is 25.4 Å². The molecule has 0 saturated carbocycles. The number of ether oxygens (including phenoxy) is 2. The molecule has 0 aliphatic heterocycles. The summed E-state index contributed by atoms with van der Waals surface area (Å²) in [6, 6.07) is 7.17. The fourth-order valence-electron chi connectivity index (χ4n) is 5.66. The number of hydrogen-bond acceptors (Lipinski definition) is 17. The minimum atomic E-state index is -2.69. The number of pyridine rings is 2. The Morgan fingerprint density at radius 2 is 1.20 bits per heavy atom. The smallest absolute Gasteiger partial charge is 0.480 e. The standard InChI is InChI=1S/C21H38N2O7SSi.C19H34N2O7Si/c1-17(2)30-32(27-3,28-4)13-5-11-29-15-19(24)14-23-20(21(25)26)16-31-12-8-18-6-9-22-10-7-18;1-15(2)28-29(25-3,26-4)10-6-9-27-14-17(22)13-21-18(19(23)24)11-16-7-5-8-20-12-16/h6-7,9-10,17,19-20,23-24H,5,8,11-16H2,1-4H3,(H,25,26);5,7-8,12,15,17-18,21-22H,6,9-11,13-14H2,1-4H3,(H,23,24). The van der Waals surface area contributed by atoms with E-state index in [9.17, 15) is 30.0 Å². The molecule has 0 saturated heterocycles. The first-order valence-corrected chi connectivity index (χ1v) is 25.5. The Kier molecular flexibility index (Phi) is 30.7. The van der Waals surface area contributed by atoms with Crippen molar-refractivity contribution in [2.24, 2.45) is 0 Å². The molecule has 21 heteroatoms. The molecule has 0 aliphatic carbocycles. The Morgan fingerprint density at radius 1 is 0.705 bits per heavy atom. The highest BCUT2D eigenvalue weighted by Crippen LogP contribution is 2.19. The molecular weight excluding hydrogens is 849 g/mol. The van der Waals surface area contributed by atoms with Crippen molar-refractivity contribution in [1.29, 1.82) is 0 Å². The summed E-state index contributed by atoms with van der Waals surface area (Å²) in [5, 5.41) is 44.7. The molecule has 0 aromatic carbocycles. The molecule has 2 aromatic heterocycles. The summed E-state index contributed by atoms with van der Waals surface area (Å²) in [4.78, 5) is 30.9. The van der Waals surface area contributed by atoms with E-state index < -0.39 is 53.8 Å². The molecule has 0 aliphatic rings. The number of aliphatic carboxylic acids is 2. The second kappa shape index (κ2) is 33.1. The summed E-state index contributed by atoms with van der Waals surface area (Å²) in [7, 11) is 0.961. The van der Waals surface area contributed by atoms with Gasteiger partial charge in [0.15, 0.2) is 0 Å². The largest absolute Gasteiger partial charge is 0.500 e. The van der Waals surface area contributed by atoms with Crippen molar-refractivity contribution in [3.05, 3.63) is 60.2 Å². The number of rotatable bonds is 35. The van der Waals surface area contributed by atoms with Crippen LogP contribution in [-0.4, -0.2) is 176 Å². The molecule has 0 amide bonds. The fraction of sp³-hybridized carbons (Fsp3) is 0.700. The molecule has 6 N–H and O–H groups in total. The molecule has 18 nitrogen and oxygen atoms in total. The summed E-state index contributed by atoms with van der Waals surface area (Å²) in [6.07, 6.45) is 7.64. The zero-order chi connectivity index (χ0) is 45.5. The molecule has 2 heterocycles. The quantitative estimate of drug-likeness (QED) is 0.0431. The van der Waals surface area contributed by atoms with Crippen LogP contribution in [0, 0.1) is 0 Å². The van der Waals surface area contributed by atoms with Gasteiger partial charge >= 0.3 is 29.5 Å². The highest BCUT2D eigenvalue weighted by molar-refractivity contribution is 7.99. The van der Waals surface area contributed by atoms with Gasteiger partial charge in [-0.15, -0.1) is 0 Å². The molecule has 0 radical (unpaired) electrons. The monoisotopic (exact) mass is 920 g/mol. The maximum Gasteiger partial charge on any atom is 0.500 e. The number of aryl methyl sites for hydroxylation is 1. The van der Waals surface area contributed by atoms with E-state index in [1.807, 2.05) is 45.9 Å². The number of aliphatic hydroxyl groups excluding tert-OH is 2. The van der Waals surface area contributed by atoms with Crippen LogP contribution in [0.2, 0.25) is 12.1 Å². The third-order valence-corrected chi connectivity index (χ3v) is 15.9. The van der Waals surface area contributed by atoms with E-state index in [0.717, 1.165) is 17.7 Å². The van der Waals surface area contributed by atoms with Crippen molar-refractivity contribution in [3.63, 3.8) is 0 Å². The average Bonchev–Trinajstić information content (AvgIpc) is 3.24. The average molecular weight is 921 g/mol. The van der Waals surface area contributed by atoms with Gasteiger partial charge in [0.25, 0.3) is 0 Å². The van der Waals surface area contributed by atoms with E-state index in [1.54, 1.807) is 71.1 Å². The lowest BCUT2D eigenvalue weighted by molar-refractivity contribution is -0.140. The predicted molar refractivity (Wildman–Crippen MR) is 237 cm³/mol. The minimum Gasteiger partial charge on any atom is -0.480 e. The molecule has 0 spiro atoms. The van der Waals surface area contributed by atoms with Gasteiger partial charge < -0.3 is 67.1 Å². The summed E-state index contributed by atoms with van der Waals surface area (Å²) in [5.41, 5.74) is 1.98. The van der Waals surface area contributed by atoms with Crippen molar-refractivity contribution < 1.29 is 66.0 Å². The zero-order valence-corrected chi connectivity index (χ0v) is 40.0. The van der Waals surface area contributed by atoms with Crippen molar-refractivity contribution in [1.82, 2.24) is 20.6 Å². The first-order valence-electron chi connectivity index (χ1n) is 20.5. The SMILES string of the molecule is CO[Si](CCCOCC(O)CNC(CSCCc1ccncc1)C(=O)O)(OC)OC(C)C.CO[Si](CCCOCC(O)CNC(Cc1cccnc1)C(=O)O)(OC)OC(C)C. The first-order chi connectivity index (χ1) is 29.1. The van der Waals surface area contributed by atoms with E-state index >= 15 is 0 Å². The molecule has 0 bridgehead atoms. The molecule has 0 fully saturated rings. The van der Waals surface area contributed by atoms with Crippen LogP contribution in [0.15, 0.2) is 49.1 Å². The van der Waals surface area contributed by atoms with Crippen molar-refractivity contribution in [3.8, 4) is 0 Å². The maximum atomic E-state index is 11.5. The number of carboxylic acids is 2. The van der Waals surface area contributed by atoms with E-state index in [0.29, 0.717) is 43.9 Å². The molecule has 2 aromatic rings. The number of thioether (sulfide) groups is 1. The van der Waals surface area contributed by atoms with Crippen molar-refractivity contribution >= 4 is 41.3 Å². The van der Waals surface area contributed by atoms with Crippen molar-refractivity contribution in [2.45, 2.75) is 102 Å². The number of nitrogens with zero attached hydrogens (tertiary/aromatic N) is 2. The summed E-state index contributed by atoms with van der Waals surface area (Å²) >= 11 is 1.56. The van der Waals surface area contributed by atoms with Crippen LogP contribution in [0.1, 0.15) is 51.7 Å². The van der Waals surface area contributed by atoms with Gasteiger partial charge in [-0.05, 0) is 88.5 Å². The summed E-state index contributed by atoms with van der Waals surface area (Å²) < 4.78 is 44.6. The van der Waals surface area contributed by atoms with E-state index in [1.165, 1.54) is 5.56 Å². The Hall–Kier alpha value is -2.46. The van der Waals surface area contributed by atoms with Gasteiger partial charge in [-0.1, -0.05) is 6.07 Å². The maximum absolute atomic E-state index is 11.5. The molecule has 350 valence electrons. The van der Waals surface area contributed by atoms with Crippen molar-refractivity contribution in [2.75, 3.05) is 79.5 Å². The summed E-state index contributed by atoms with van der Waals surface area (Å²) in [6.45, 7) is 9.05. The van der Waals surface area contributed by atoms with Crippen LogP contribution in [0.4, 0.5) is 0 Å². The Bertz CT molecular complexity index is 1410.